The van der Waals surface area contributed by atoms with Gasteiger partial charge >= 0.3 is 19.8 Å². The van der Waals surface area contributed by atoms with Gasteiger partial charge in [-0.1, -0.05) is 262 Å². The van der Waals surface area contributed by atoms with E-state index in [1.807, 2.05) is 0 Å². The van der Waals surface area contributed by atoms with E-state index in [0.29, 0.717) is 13.0 Å². The number of carbonyl (C=O) groups excluding carboxylic acids is 1. The number of carbonyl (C=O) groups is 2. The fourth-order valence-corrected chi connectivity index (χ4v) is 9.02. The topological polar surface area (TPSA) is 155 Å². The van der Waals surface area contributed by atoms with E-state index in [9.17, 15) is 19.0 Å². The Kier molecular flexibility index (Phi) is 52.1. The highest BCUT2D eigenvalue weighted by Gasteiger charge is 2.27. The lowest BCUT2D eigenvalue weighted by molar-refractivity contribution is -0.154. The molecule has 0 aromatic heterocycles. The lowest BCUT2D eigenvalue weighted by Gasteiger charge is -2.20. The number of esters is 1. The zero-order valence-corrected chi connectivity index (χ0v) is 45.6. The van der Waals surface area contributed by atoms with Crippen molar-refractivity contribution in [2.45, 2.75) is 283 Å². The summed E-state index contributed by atoms with van der Waals surface area (Å²) in [5.74, 6) is -1.77. The van der Waals surface area contributed by atoms with E-state index in [1.54, 1.807) is 0 Å². The van der Waals surface area contributed by atoms with Crippen molar-refractivity contribution < 1.29 is 42.7 Å². The van der Waals surface area contributed by atoms with Crippen LogP contribution in [0.25, 0.3) is 0 Å². The number of carboxylic acids is 1. The van der Waals surface area contributed by atoms with Crippen LogP contribution in [-0.2, 0) is 32.7 Å². The number of carboxylic acid groups (broad SMARTS) is 1. The van der Waals surface area contributed by atoms with Crippen LogP contribution in [0.2, 0.25) is 0 Å². The molecule has 0 heterocycles. The van der Waals surface area contributed by atoms with Gasteiger partial charge in [-0.2, -0.15) is 0 Å². The van der Waals surface area contributed by atoms with Crippen molar-refractivity contribution in [3.8, 4) is 0 Å². The standard InChI is InChI=1S/C58H108NO9P/c1-3-5-7-9-11-13-15-17-19-21-23-25-27-29-31-33-35-37-39-41-43-45-47-49-51-65-52-55(53-66-69(63,64)67-54-56(59)58(61)62)68-57(60)50-48-46-44-42-40-38-36-34-32-30-28-26-24-22-20-18-16-14-12-10-8-6-4-2/h5,7,11,13,17,19,23,25,55-56H,3-4,6,8-10,12,14-16,18,20-22,24,26-54,59H2,1-2H3,(H,61,62)(H,63,64)/b7-5-,13-11-,19-17-,25-23-. The molecular weight excluding hydrogens is 886 g/mol. The third-order valence-corrected chi connectivity index (χ3v) is 13.6. The molecule has 0 aliphatic carbocycles. The molecule has 0 rings (SSSR count). The van der Waals surface area contributed by atoms with Crippen LogP contribution in [0.3, 0.4) is 0 Å². The Morgan fingerprint density at radius 3 is 1.26 bits per heavy atom. The molecule has 0 bridgehead atoms. The number of unbranched alkanes of at least 4 members (excludes halogenated alkanes) is 33. The van der Waals surface area contributed by atoms with E-state index in [-0.39, 0.29) is 13.0 Å². The molecule has 404 valence electrons. The van der Waals surface area contributed by atoms with Crippen molar-refractivity contribution in [3.63, 3.8) is 0 Å². The Hall–Kier alpha value is -2.07. The lowest BCUT2D eigenvalue weighted by Crippen LogP contribution is -2.34. The fourth-order valence-electron chi connectivity index (χ4n) is 8.25. The SMILES string of the molecule is CC/C=C\C/C=C\C/C=C\C/C=C\CCCCCCCCCCCCCOCC(COP(=O)(O)OCC(N)C(=O)O)OC(=O)CCCCCCCCCCCCCCCCCCCCCCCCC. The number of hydrogen-bond donors (Lipinski definition) is 3. The summed E-state index contributed by atoms with van der Waals surface area (Å²) in [6.45, 7) is 3.82. The Morgan fingerprint density at radius 2 is 0.841 bits per heavy atom. The summed E-state index contributed by atoms with van der Waals surface area (Å²) in [5, 5.41) is 8.95. The van der Waals surface area contributed by atoms with Gasteiger partial charge in [-0.05, 0) is 51.4 Å². The van der Waals surface area contributed by atoms with Crippen LogP contribution in [0.4, 0.5) is 0 Å². The van der Waals surface area contributed by atoms with E-state index in [0.717, 1.165) is 57.8 Å². The minimum Gasteiger partial charge on any atom is -0.480 e. The predicted octanol–water partition coefficient (Wildman–Crippen LogP) is 17.3. The van der Waals surface area contributed by atoms with Gasteiger partial charge in [0.1, 0.15) is 12.1 Å². The number of hydrogen-bond acceptors (Lipinski definition) is 8. The maximum atomic E-state index is 12.7. The molecule has 0 fully saturated rings. The van der Waals surface area contributed by atoms with Gasteiger partial charge in [0.15, 0.2) is 0 Å². The second-order valence-corrected chi connectivity index (χ2v) is 20.9. The van der Waals surface area contributed by atoms with E-state index in [2.05, 4.69) is 62.5 Å². The minimum atomic E-state index is -4.63. The molecule has 0 aromatic carbocycles. The second-order valence-electron chi connectivity index (χ2n) is 19.4. The zero-order valence-electron chi connectivity index (χ0n) is 44.7. The highest BCUT2D eigenvalue weighted by atomic mass is 31.2. The molecule has 0 saturated heterocycles. The average Bonchev–Trinajstić information content (AvgIpc) is 3.33. The first kappa shape index (κ1) is 66.9. The Morgan fingerprint density at radius 1 is 0.478 bits per heavy atom. The summed E-state index contributed by atoms with van der Waals surface area (Å²) in [5.41, 5.74) is 5.39. The van der Waals surface area contributed by atoms with Gasteiger partial charge in [-0.3, -0.25) is 18.6 Å². The van der Waals surface area contributed by atoms with Crippen molar-refractivity contribution in [2.24, 2.45) is 5.73 Å². The van der Waals surface area contributed by atoms with Gasteiger partial charge in [0.2, 0.25) is 0 Å². The molecule has 0 aliphatic heterocycles. The van der Waals surface area contributed by atoms with Crippen LogP contribution in [0.1, 0.15) is 271 Å². The fraction of sp³-hybridized carbons (Fsp3) is 0.828. The van der Waals surface area contributed by atoms with Gasteiger partial charge in [0.05, 0.1) is 19.8 Å². The molecular formula is C58H108NO9P. The third-order valence-electron chi connectivity index (χ3n) is 12.6. The molecule has 0 amide bonds. The Bertz CT molecular complexity index is 1290. The van der Waals surface area contributed by atoms with Crippen LogP contribution in [0, 0.1) is 0 Å². The van der Waals surface area contributed by atoms with Gasteiger partial charge < -0.3 is 25.2 Å². The van der Waals surface area contributed by atoms with Crippen LogP contribution in [-0.4, -0.2) is 60.5 Å². The van der Waals surface area contributed by atoms with Gasteiger partial charge in [-0.15, -0.1) is 0 Å². The molecule has 3 unspecified atom stereocenters. The van der Waals surface area contributed by atoms with Gasteiger partial charge in [0.25, 0.3) is 0 Å². The van der Waals surface area contributed by atoms with Crippen molar-refractivity contribution in [3.05, 3.63) is 48.6 Å². The van der Waals surface area contributed by atoms with E-state index >= 15 is 0 Å². The van der Waals surface area contributed by atoms with Crippen molar-refractivity contribution in [1.29, 1.82) is 0 Å². The summed E-state index contributed by atoms with van der Waals surface area (Å²) in [6, 6.07) is -1.47. The number of allylic oxidation sites excluding steroid dienone is 8. The molecule has 0 aromatic rings. The molecule has 0 radical (unpaired) electrons. The second kappa shape index (κ2) is 53.7. The first-order valence-corrected chi connectivity index (χ1v) is 30.2. The van der Waals surface area contributed by atoms with E-state index in [4.69, 9.17) is 29.4 Å². The Labute approximate surface area is 424 Å². The quantitative estimate of drug-likeness (QED) is 0.0232. The van der Waals surface area contributed by atoms with Crippen molar-refractivity contribution >= 4 is 19.8 Å². The highest BCUT2D eigenvalue weighted by molar-refractivity contribution is 7.47. The molecule has 11 heteroatoms. The van der Waals surface area contributed by atoms with Crippen LogP contribution >= 0.6 is 7.82 Å². The minimum absolute atomic E-state index is 0.0171. The van der Waals surface area contributed by atoms with Crippen LogP contribution in [0.15, 0.2) is 48.6 Å². The van der Waals surface area contributed by atoms with Crippen molar-refractivity contribution in [2.75, 3.05) is 26.4 Å². The third kappa shape index (κ3) is 53.6. The predicted molar refractivity (Wildman–Crippen MR) is 291 cm³/mol. The molecule has 10 nitrogen and oxygen atoms in total. The van der Waals surface area contributed by atoms with Gasteiger partial charge in [0, 0.05) is 13.0 Å². The average molecular weight is 994 g/mol. The molecule has 0 aliphatic rings. The summed E-state index contributed by atoms with van der Waals surface area (Å²) in [7, 11) is -4.63. The van der Waals surface area contributed by atoms with Crippen LogP contribution in [0.5, 0.6) is 0 Å². The number of phosphoric ester groups is 1. The number of ether oxygens (including phenoxy) is 2. The lowest BCUT2D eigenvalue weighted by atomic mass is 10.0. The smallest absolute Gasteiger partial charge is 0.472 e. The normalized spacial score (nSPS) is 13.9. The molecule has 69 heavy (non-hydrogen) atoms. The summed E-state index contributed by atoms with van der Waals surface area (Å²) in [6.07, 6.45) is 66.1. The number of phosphoric acid groups is 1. The van der Waals surface area contributed by atoms with E-state index in [1.165, 1.54) is 186 Å². The summed E-state index contributed by atoms with van der Waals surface area (Å²) >= 11 is 0. The summed E-state index contributed by atoms with van der Waals surface area (Å²) < 4.78 is 33.6. The molecule has 3 atom stereocenters. The monoisotopic (exact) mass is 994 g/mol. The largest absolute Gasteiger partial charge is 0.480 e. The maximum Gasteiger partial charge on any atom is 0.472 e. The maximum absolute atomic E-state index is 12.7. The van der Waals surface area contributed by atoms with E-state index < -0.39 is 45.1 Å². The highest BCUT2D eigenvalue weighted by Crippen LogP contribution is 2.43. The number of rotatable bonds is 55. The van der Waals surface area contributed by atoms with Gasteiger partial charge in [-0.25, -0.2) is 4.57 Å². The number of aliphatic carboxylic acids is 1. The first-order chi connectivity index (χ1) is 33.7. The van der Waals surface area contributed by atoms with Crippen LogP contribution < -0.4 is 5.73 Å². The first-order valence-electron chi connectivity index (χ1n) is 28.7. The molecule has 0 spiro atoms. The Balaban J connectivity index is 4.05. The zero-order chi connectivity index (χ0) is 50.4. The summed E-state index contributed by atoms with van der Waals surface area (Å²) in [4.78, 5) is 33.8. The molecule has 4 N–H and O–H groups in total. The number of nitrogens with two attached hydrogens (primary N) is 1. The molecule has 0 saturated carbocycles. The van der Waals surface area contributed by atoms with Crippen molar-refractivity contribution in [1.82, 2.24) is 0 Å².